The Hall–Kier alpha value is -2.56. The van der Waals surface area contributed by atoms with Gasteiger partial charge < -0.3 is 13.6 Å². The van der Waals surface area contributed by atoms with Crippen LogP contribution in [0.4, 0.5) is 0 Å². The van der Waals surface area contributed by atoms with E-state index >= 15 is 0 Å². The maximum atomic E-state index is 6.99. The van der Waals surface area contributed by atoms with Crippen molar-refractivity contribution < 1.29 is 13.6 Å². The Morgan fingerprint density at radius 2 is 1.44 bits per heavy atom. The first-order valence-corrected chi connectivity index (χ1v) is 19.1. The average Bonchev–Trinajstić information content (AvgIpc) is 3.39. The molecule has 0 N–H and O–H groups in total. The van der Waals surface area contributed by atoms with Crippen LogP contribution in [0, 0.1) is 19.3 Å². The SMILES string of the molecule is CCC(CC)(c1ccc(CCC(O[Si](C)(C)C(C)(C)C)C(C)(C)C)c(C)c1)c1ccc(-c2ccc(/C=C/OC)o2)c(C)c1. The molecule has 1 atom stereocenters. The van der Waals surface area contributed by atoms with Gasteiger partial charge in [0.15, 0.2) is 8.32 Å². The molecule has 236 valence electrons. The zero-order valence-corrected chi connectivity index (χ0v) is 30.4. The molecule has 0 amide bonds. The highest BCUT2D eigenvalue weighted by atomic mass is 28.4. The summed E-state index contributed by atoms with van der Waals surface area (Å²) in [4.78, 5) is 0. The lowest BCUT2D eigenvalue weighted by molar-refractivity contribution is 0.0657. The number of aryl methyl sites for hydroxylation is 3. The van der Waals surface area contributed by atoms with Gasteiger partial charge in [0.25, 0.3) is 0 Å². The van der Waals surface area contributed by atoms with Gasteiger partial charge in [0.05, 0.1) is 19.5 Å². The fourth-order valence-electron chi connectivity index (χ4n) is 5.96. The van der Waals surface area contributed by atoms with Crippen molar-refractivity contribution >= 4 is 14.4 Å². The molecule has 0 fully saturated rings. The van der Waals surface area contributed by atoms with Gasteiger partial charge in [-0.05, 0) is 103 Å². The Morgan fingerprint density at radius 3 is 1.95 bits per heavy atom. The van der Waals surface area contributed by atoms with Crippen molar-refractivity contribution in [3.05, 3.63) is 88.4 Å². The number of furan rings is 1. The molecule has 2 aromatic carbocycles. The first-order valence-electron chi connectivity index (χ1n) is 16.2. The fourth-order valence-corrected chi connectivity index (χ4v) is 7.49. The van der Waals surface area contributed by atoms with E-state index in [2.05, 4.69) is 119 Å². The summed E-state index contributed by atoms with van der Waals surface area (Å²) in [5, 5.41) is 0.205. The van der Waals surface area contributed by atoms with E-state index in [9.17, 15) is 0 Å². The Balaban J connectivity index is 1.88. The smallest absolute Gasteiger partial charge is 0.192 e. The highest BCUT2D eigenvalue weighted by molar-refractivity contribution is 6.74. The summed E-state index contributed by atoms with van der Waals surface area (Å²) >= 11 is 0. The molecule has 43 heavy (non-hydrogen) atoms. The largest absolute Gasteiger partial charge is 0.504 e. The predicted molar refractivity (Wildman–Crippen MR) is 187 cm³/mol. The lowest BCUT2D eigenvalue weighted by Crippen LogP contribution is -2.47. The molecule has 0 aliphatic rings. The van der Waals surface area contributed by atoms with Gasteiger partial charge in [-0.15, -0.1) is 0 Å². The van der Waals surface area contributed by atoms with E-state index in [0.29, 0.717) is 0 Å². The first kappa shape index (κ1) is 34.9. The standard InChI is InChI=1S/C39H58O3Si/c1-14-39(15-2,32-19-21-34(29(4)27-32)35-22-20-33(41-35)24-25-40-11)31-18-16-30(28(3)26-31)17-23-36(37(5,6)7)42-43(12,13)38(8,9)10/h16,18-22,24-27,36H,14-15,17,23H2,1-13H3/b25-24+. The second-order valence-electron chi connectivity index (χ2n) is 15.0. The third-order valence-corrected chi connectivity index (χ3v) is 14.5. The molecule has 0 aliphatic carbocycles. The summed E-state index contributed by atoms with van der Waals surface area (Å²) in [7, 11) is -0.220. The van der Waals surface area contributed by atoms with Crippen molar-refractivity contribution in [3.63, 3.8) is 0 Å². The minimum atomic E-state index is -1.86. The highest BCUT2D eigenvalue weighted by Gasteiger charge is 2.41. The molecule has 0 radical (unpaired) electrons. The molecule has 4 heteroatoms. The number of hydrogen-bond donors (Lipinski definition) is 0. The predicted octanol–water partition coefficient (Wildman–Crippen LogP) is 11.7. The monoisotopic (exact) mass is 602 g/mol. The van der Waals surface area contributed by atoms with E-state index < -0.39 is 8.32 Å². The summed E-state index contributed by atoms with van der Waals surface area (Å²) in [5.41, 5.74) is 8.00. The van der Waals surface area contributed by atoms with Crippen molar-refractivity contribution in [3.8, 4) is 11.3 Å². The van der Waals surface area contributed by atoms with Crippen molar-refractivity contribution in [2.24, 2.45) is 5.41 Å². The second-order valence-corrected chi connectivity index (χ2v) is 19.7. The third-order valence-electron chi connectivity index (χ3n) is 10.0. The van der Waals surface area contributed by atoms with Gasteiger partial charge in [-0.1, -0.05) is 91.8 Å². The first-order chi connectivity index (χ1) is 20.0. The summed E-state index contributed by atoms with van der Waals surface area (Å²) in [5.74, 6) is 1.66. The molecule has 0 bridgehead atoms. The van der Waals surface area contributed by atoms with Gasteiger partial charge in [0.2, 0.25) is 0 Å². The van der Waals surface area contributed by atoms with Crippen LogP contribution in [0.2, 0.25) is 18.1 Å². The molecule has 0 saturated heterocycles. The molecule has 0 aliphatic heterocycles. The molecule has 1 unspecified atom stereocenters. The molecule has 3 rings (SSSR count). The molecule has 0 saturated carbocycles. The molecular formula is C39H58O3Si. The maximum Gasteiger partial charge on any atom is 0.192 e. The van der Waals surface area contributed by atoms with Crippen LogP contribution in [-0.2, 0) is 21.0 Å². The molecule has 1 heterocycles. The Labute approximate surface area is 264 Å². The van der Waals surface area contributed by atoms with E-state index in [1.165, 1.54) is 27.8 Å². The van der Waals surface area contributed by atoms with Crippen LogP contribution in [0.1, 0.15) is 108 Å². The zero-order valence-electron chi connectivity index (χ0n) is 29.4. The Bertz CT molecular complexity index is 1380. The number of rotatable bonds is 12. The van der Waals surface area contributed by atoms with Crippen molar-refractivity contribution in [1.82, 2.24) is 0 Å². The minimum absolute atomic E-state index is 0.0402. The normalized spacial score (nSPS) is 14.0. The fraction of sp³-hybridized carbons (Fsp3) is 0.538. The van der Waals surface area contributed by atoms with Gasteiger partial charge >= 0.3 is 0 Å². The van der Waals surface area contributed by atoms with E-state index in [-0.39, 0.29) is 22.0 Å². The van der Waals surface area contributed by atoms with Gasteiger partial charge in [-0.2, -0.15) is 0 Å². The van der Waals surface area contributed by atoms with Gasteiger partial charge in [0.1, 0.15) is 11.5 Å². The molecular weight excluding hydrogens is 545 g/mol. The maximum absolute atomic E-state index is 6.99. The lowest BCUT2D eigenvalue weighted by Gasteiger charge is -2.43. The molecule has 3 nitrogen and oxygen atoms in total. The van der Waals surface area contributed by atoms with Crippen LogP contribution in [0.5, 0.6) is 0 Å². The van der Waals surface area contributed by atoms with Crippen LogP contribution in [0.25, 0.3) is 17.4 Å². The number of hydrogen-bond acceptors (Lipinski definition) is 3. The van der Waals surface area contributed by atoms with Crippen LogP contribution >= 0.6 is 0 Å². The van der Waals surface area contributed by atoms with E-state index in [4.69, 9.17) is 13.6 Å². The zero-order chi connectivity index (χ0) is 32.2. The van der Waals surface area contributed by atoms with Crippen LogP contribution in [-0.4, -0.2) is 21.5 Å². The molecule has 1 aromatic heterocycles. The minimum Gasteiger partial charge on any atom is -0.504 e. The summed E-state index contributed by atoms with van der Waals surface area (Å²) in [6, 6.07) is 18.1. The van der Waals surface area contributed by atoms with Gasteiger partial charge in [-0.3, -0.25) is 0 Å². The molecule has 3 aromatic rings. The Morgan fingerprint density at radius 1 is 0.837 bits per heavy atom. The second kappa shape index (κ2) is 13.6. The lowest BCUT2D eigenvalue weighted by atomic mass is 9.69. The number of methoxy groups -OCH3 is 1. The molecule has 0 spiro atoms. The van der Waals surface area contributed by atoms with Crippen LogP contribution < -0.4 is 0 Å². The average molecular weight is 603 g/mol. The van der Waals surface area contributed by atoms with Gasteiger partial charge in [-0.25, -0.2) is 0 Å². The summed E-state index contributed by atoms with van der Waals surface area (Å²) in [6.07, 6.45) is 7.87. The van der Waals surface area contributed by atoms with E-state index in [1.807, 2.05) is 18.2 Å². The van der Waals surface area contributed by atoms with Crippen molar-refractivity contribution in [2.45, 2.75) is 125 Å². The topological polar surface area (TPSA) is 31.6 Å². The third kappa shape index (κ3) is 7.94. The van der Waals surface area contributed by atoms with Crippen molar-refractivity contribution in [1.29, 1.82) is 0 Å². The van der Waals surface area contributed by atoms with Gasteiger partial charge in [0, 0.05) is 17.1 Å². The highest BCUT2D eigenvalue weighted by Crippen LogP contribution is 2.43. The Kier molecular flexibility index (Phi) is 11.1. The van der Waals surface area contributed by atoms with E-state index in [0.717, 1.165) is 42.8 Å². The summed E-state index contributed by atoms with van der Waals surface area (Å²) < 4.78 is 18.1. The summed E-state index contributed by atoms with van der Waals surface area (Å²) in [6.45, 7) is 27.9. The quantitative estimate of drug-likeness (QED) is 0.153. The van der Waals surface area contributed by atoms with E-state index in [1.54, 1.807) is 13.4 Å². The number of benzene rings is 2. The van der Waals surface area contributed by atoms with Crippen molar-refractivity contribution in [2.75, 3.05) is 7.11 Å². The van der Waals surface area contributed by atoms with Crippen LogP contribution in [0.3, 0.4) is 0 Å². The number of ether oxygens (including phenoxy) is 1. The van der Waals surface area contributed by atoms with Crippen LogP contribution in [0.15, 0.2) is 59.2 Å².